The van der Waals surface area contributed by atoms with E-state index in [9.17, 15) is 14.0 Å². The highest BCUT2D eigenvalue weighted by Crippen LogP contribution is 2.29. The molecule has 0 bridgehead atoms. The van der Waals surface area contributed by atoms with Crippen LogP contribution in [0.1, 0.15) is 44.1 Å². The summed E-state index contributed by atoms with van der Waals surface area (Å²) in [5.41, 5.74) is 2.46. The van der Waals surface area contributed by atoms with Crippen LogP contribution < -0.4 is 0 Å². The number of fused-ring (bicyclic) bond motifs is 1. The normalized spacial score (nSPS) is 11.0. The van der Waals surface area contributed by atoms with E-state index in [1.165, 1.54) is 35.6 Å². The summed E-state index contributed by atoms with van der Waals surface area (Å²) in [6.45, 7) is 2.70. The van der Waals surface area contributed by atoms with Crippen molar-refractivity contribution in [2.75, 3.05) is 6.61 Å². The first-order valence-corrected chi connectivity index (χ1v) is 10.8. The Labute approximate surface area is 183 Å². The van der Waals surface area contributed by atoms with Crippen molar-refractivity contribution in [3.05, 3.63) is 88.2 Å². The maximum atomic E-state index is 12.9. The molecule has 4 aromatic rings. The van der Waals surface area contributed by atoms with Crippen molar-refractivity contribution < 1.29 is 18.7 Å². The van der Waals surface area contributed by atoms with E-state index >= 15 is 0 Å². The number of hydrogen-bond acceptors (Lipinski definition) is 5. The van der Waals surface area contributed by atoms with Gasteiger partial charge in [0.05, 0.1) is 18.8 Å². The van der Waals surface area contributed by atoms with Crippen LogP contribution in [0.5, 0.6) is 0 Å². The molecular weight excluding hydrogens is 415 g/mol. The molecule has 2 heterocycles. The van der Waals surface area contributed by atoms with Crippen LogP contribution in [0.25, 0.3) is 10.2 Å². The summed E-state index contributed by atoms with van der Waals surface area (Å²) in [6, 6.07) is 17.3. The Bertz CT molecular complexity index is 1210. The van der Waals surface area contributed by atoms with E-state index in [4.69, 9.17) is 4.74 Å². The number of ketones is 1. The molecule has 0 aliphatic heterocycles. The molecular formula is C24H21FN2O3S. The van der Waals surface area contributed by atoms with E-state index in [-0.39, 0.29) is 24.6 Å². The van der Waals surface area contributed by atoms with Crippen LogP contribution in [0.3, 0.4) is 0 Å². The van der Waals surface area contributed by atoms with E-state index in [2.05, 4.69) is 5.10 Å². The number of carbonyl (C=O) groups is 2. The predicted octanol–water partition coefficient (Wildman–Crippen LogP) is 5.41. The molecule has 0 fully saturated rings. The first kappa shape index (κ1) is 20.9. The van der Waals surface area contributed by atoms with Gasteiger partial charge in [-0.25, -0.2) is 9.18 Å². The molecule has 2 aromatic carbocycles. The van der Waals surface area contributed by atoms with Crippen molar-refractivity contribution in [3.8, 4) is 0 Å². The number of benzene rings is 2. The van der Waals surface area contributed by atoms with Gasteiger partial charge in [0.15, 0.2) is 5.78 Å². The van der Waals surface area contributed by atoms with Crippen LogP contribution in [0.15, 0.2) is 60.7 Å². The first-order chi connectivity index (χ1) is 15.0. The van der Waals surface area contributed by atoms with Gasteiger partial charge >= 0.3 is 5.97 Å². The summed E-state index contributed by atoms with van der Waals surface area (Å²) in [6.07, 6.45) is 0.643. The van der Waals surface area contributed by atoms with Crippen molar-refractivity contribution in [3.63, 3.8) is 0 Å². The fraction of sp³-hybridized carbons (Fsp3) is 0.208. The number of thiophene rings is 1. The van der Waals surface area contributed by atoms with Gasteiger partial charge < -0.3 is 4.74 Å². The number of ether oxygens (including phenoxy) is 1. The quantitative estimate of drug-likeness (QED) is 0.210. The van der Waals surface area contributed by atoms with Gasteiger partial charge in [-0.2, -0.15) is 5.10 Å². The smallest absolute Gasteiger partial charge is 0.348 e. The maximum Gasteiger partial charge on any atom is 0.348 e. The first-order valence-electron chi connectivity index (χ1n) is 9.98. The van der Waals surface area contributed by atoms with Gasteiger partial charge in [0.1, 0.15) is 15.5 Å². The summed E-state index contributed by atoms with van der Waals surface area (Å²) < 4.78 is 20.2. The van der Waals surface area contributed by atoms with Crippen molar-refractivity contribution in [2.24, 2.45) is 0 Å². The van der Waals surface area contributed by atoms with Crippen LogP contribution >= 0.6 is 11.3 Å². The van der Waals surface area contributed by atoms with E-state index in [1.54, 1.807) is 0 Å². The third kappa shape index (κ3) is 4.88. The Hall–Kier alpha value is -3.32. The van der Waals surface area contributed by atoms with Gasteiger partial charge in [0.25, 0.3) is 0 Å². The molecule has 0 atom stereocenters. The fourth-order valence-corrected chi connectivity index (χ4v) is 4.38. The molecule has 0 saturated carbocycles. The molecule has 0 spiro atoms. The lowest BCUT2D eigenvalue weighted by molar-refractivity contribution is 0.0500. The van der Waals surface area contributed by atoms with Crippen molar-refractivity contribution >= 4 is 33.3 Å². The number of nitrogens with zero attached hydrogens (tertiary/aromatic N) is 2. The second kappa shape index (κ2) is 9.22. The maximum absolute atomic E-state index is 12.9. The zero-order valence-electron chi connectivity index (χ0n) is 17.0. The largest absolute Gasteiger partial charge is 0.461 e. The molecule has 4 rings (SSSR count). The van der Waals surface area contributed by atoms with Gasteiger partial charge in [-0.15, -0.1) is 11.3 Å². The average molecular weight is 437 g/mol. The lowest BCUT2D eigenvalue weighted by Crippen LogP contribution is -2.07. The molecule has 31 heavy (non-hydrogen) atoms. The molecule has 0 saturated heterocycles. The van der Waals surface area contributed by atoms with Gasteiger partial charge in [-0.3, -0.25) is 9.48 Å². The average Bonchev–Trinajstić information content (AvgIpc) is 3.33. The zero-order chi connectivity index (χ0) is 21.8. The summed E-state index contributed by atoms with van der Waals surface area (Å²) in [4.78, 5) is 26.0. The highest BCUT2D eigenvalue weighted by molar-refractivity contribution is 7.20. The second-order valence-corrected chi connectivity index (χ2v) is 8.26. The summed E-state index contributed by atoms with van der Waals surface area (Å²) in [5.74, 6) is -0.883. The van der Waals surface area contributed by atoms with Gasteiger partial charge in [-0.05, 0) is 49.2 Å². The minimum atomic E-state index is -0.402. The lowest BCUT2D eigenvalue weighted by atomic mass is 10.1. The van der Waals surface area contributed by atoms with Crippen LogP contribution in [-0.4, -0.2) is 28.1 Å². The molecule has 2 aromatic heterocycles. The molecule has 0 aliphatic rings. The Morgan fingerprint density at radius 1 is 1.10 bits per heavy atom. The van der Waals surface area contributed by atoms with Gasteiger partial charge in [0, 0.05) is 17.4 Å². The SMILES string of the molecule is Cc1nn(Cc2ccccc2)c2sc(C(=O)OCCCC(=O)c3ccc(F)cc3)cc12. The van der Waals surface area contributed by atoms with Gasteiger partial charge in [-0.1, -0.05) is 30.3 Å². The van der Waals surface area contributed by atoms with Crippen LogP contribution in [0.2, 0.25) is 0 Å². The summed E-state index contributed by atoms with van der Waals surface area (Å²) in [5, 5.41) is 5.53. The van der Waals surface area contributed by atoms with Crippen LogP contribution in [0.4, 0.5) is 4.39 Å². The molecule has 5 nitrogen and oxygen atoms in total. The third-order valence-corrected chi connectivity index (χ3v) is 6.06. The van der Waals surface area contributed by atoms with Crippen LogP contribution in [0, 0.1) is 12.7 Å². The Morgan fingerprint density at radius 2 is 1.84 bits per heavy atom. The molecule has 158 valence electrons. The Morgan fingerprint density at radius 3 is 2.58 bits per heavy atom. The minimum absolute atomic E-state index is 0.102. The Kier molecular flexibility index (Phi) is 6.23. The molecule has 0 aliphatic carbocycles. The number of aromatic nitrogens is 2. The Balaban J connectivity index is 1.35. The standard InChI is InChI=1S/C24H21FN2O3S/c1-16-20-14-22(31-23(20)27(26-16)15-17-6-3-2-4-7-17)24(29)30-13-5-8-21(28)18-9-11-19(25)12-10-18/h2-4,6-7,9-12,14H,5,8,13,15H2,1H3. The highest BCUT2D eigenvalue weighted by Gasteiger charge is 2.17. The number of rotatable bonds is 8. The lowest BCUT2D eigenvalue weighted by Gasteiger charge is -2.04. The number of hydrogen-bond donors (Lipinski definition) is 0. The highest BCUT2D eigenvalue weighted by atomic mass is 32.1. The third-order valence-electron chi connectivity index (χ3n) is 4.93. The van der Waals surface area contributed by atoms with Gasteiger partial charge in [0.2, 0.25) is 0 Å². The topological polar surface area (TPSA) is 61.2 Å². The zero-order valence-corrected chi connectivity index (χ0v) is 17.8. The number of esters is 1. The van der Waals surface area contributed by atoms with Crippen LogP contribution in [-0.2, 0) is 11.3 Å². The fourth-order valence-electron chi connectivity index (χ4n) is 3.33. The van der Waals surface area contributed by atoms with Crippen molar-refractivity contribution in [2.45, 2.75) is 26.3 Å². The van der Waals surface area contributed by atoms with E-state index in [1.807, 2.05) is 48.0 Å². The molecule has 0 N–H and O–H groups in total. The second-order valence-electron chi connectivity index (χ2n) is 7.23. The number of Topliss-reactive ketones (excluding diaryl/α,β-unsaturated/α-hetero) is 1. The summed E-state index contributed by atoms with van der Waals surface area (Å²) in [7, 11) is 0. The van der Waals surface area contributed by atoms with E-state index in [0.717, 1.165) is 21.5 Å². The molecule has 0 unspecified atom stereocenters. The monoisotopic (exact) mass is 436 g/mol. The number of carbonyl (C=O) groups excluding carboxylic acids is 2. The molecule has 7 heteroatoms. The van der Waals surface area contributed by atoms with Crippen molar-refractivity contribution in [1.82, 2.24) is 9.78 Å². The number of halogens is 1. The molecule has 0 radical (unpaired) electrons. The van der Waals surface area contributed by atoms with E-state index in [0.29, 0.717) is 23.4 Å². The van der Waals surface area contributed by atoms with Crippen molar-refractivity contribution in [1.29, 1.82) is 0 Å². The number of aryl methyl sites for hydroxylation is 1. The molecule has 0 amide bonds. The predicted molar refractivity (Wildman–Crippen MR) is 118 cm³/mol. The van der Waals surface area contributed by atoms with E-state index < -0.39 is 5.97 Å². The summed E-state index contributed by atoms with van der Waals surface area (Å²) >= 11 is 1.36. The minimum Gasteiger partial charge on any atom is -0.461 e.